The number of nitrogens with two attached hydrogens (primary N) is 1. The van der Waals surface area contributed by atoms with E-state index in [1.54, 1.807) is 0 Å². The summed E-state index contributed by atoms with van der Waals surface area (Å²) >= 11 is 1.43. The van der Waals surface area contributed by atoms with Crippen LogP contribution in [0.1, 0.15) is 34.1 Å². The molecule has 4 heteroatoms. The number of nitrogens with one attached hydrogen (secondary N) is 1. The summed E-state index contributed by atoms with van der Waals surface area (Å²) in [7, 11) is 0. The summed E-state index contributed by atoms with van der Waals surface area (Å²) < 4.78 is 0. The first-order chi connectivity index (χ1) is 9.10. The van der Waals surface area contributed by atoms with Gasteiger partial charge in [0.2, 0.25) is 0 Å². The van der Waals surface area contributed by atoms with Crippen molar-refractivity contribution in [3.05, 3.63) is 46.3 Å². The number of Topliss-reactive ketones (excluding diaryl/α,β-unsaturated/α-hetero) is 1. The predicted molar refractivity (Wildman–Crippen MR) is 81.9 cm³/mol. The smallest absolute Gasteiger partial charge is 0.174 e. The number of thiophene rings is 1. The number of anilines is 2. The molecule has 2 rings (SSSR count). The van der Waals surface area contributed by atoms with E-state index in [1.807, 2.05) is 13.0 Å². The molecule has 0 aliphatic carbocycles. The minimum atomic E-state index is 0.103. The SMILES string of the molecule is CCC(=O)c1sc(NCc2ccc(C)cc2)cc1N. The summed E-state index contributed by atoms with van der Waals surface area (Å²) in [5.74, 6) is 0.103. The van der Waals surface area contributed by atoms with Crippen molar-refractivity contribution in [3.8, 4) is 0 Å². The first-order valence-electron chi connectivity index (χ1n) is 6.32. The molecule has 1 heterocycles. The van der Waals surface area contributed by atoms with Crippen LogP contribution >= 0.6 is 11.3 Å². The van der Waals surface area contributed by atoms with Crippen LogP contribution in [0.2, 0.25) is 0 Å². The second kappa shape index (κ2) is 5.89. The molecular weight excluding hydrogens is 256 g/mol. The lowest BCUT2D eigenvalue weighted by atomic mass is 10.1. The van der Waals surface area contributed by atoms with Crippen molar-refractivity contribution >= 4 is 27.8 Å². The summed E-state index contributed by atoms with van der Waals surface area (Å²) in [5, 5.41) is 4.25. The van der Waals surface area contributed by atoms with E-state index in [-0.39, 0.29) is 5.78 Å². The summed E-state index contributed by atoms with van der Waals surface area (Å²) in [4.78, 5) is 12.3. The van der Waals surface area contributed by atoms with Crippen molar-refractivity contribution in [2.75, 3.05) is 11.1 Å². The number of hydrogen-bond donors (Lipinski definition) is 2. The third-order valence-electron chi connectivity index (χ3n) is 2.92. The van der Waals surface area contributed by atoms with Gasteiger partial charge in [0.15, 0.2) is 5.78 Å². The van der Waals surface area contributed by atoms with E-state index in [0.717, 1.165) is 11.5 Å². The maximum absolute atomic E-state index is 11.7. The Labute approximate surface area is 117 Å². The maximum Gasteiger partial charge on any atom is 0.174 e. The monoisotopic (exact) mass is 274 g/mol. The standard InChI is InChI=1S/C15H18N2OS/c1-3-13(18)15-12(16)8-14(19-15)17-9-11-6-4-10(2)5-7-11/h4-8,17H,3,9,16H2,1-2H3. The van der Waals surface area contributed by atoms with Crippen LogP contribution in [0.3, 0.4) is 0 Å². The van der Waals surface area contributed by atoms with E-state index in [0.29, 0.717) is 17.0 Å². The molecular formula is C15H18N2OS. The molecule has 1 aromatic carbocycles. The molecule has 3 N–H and O–H groups in total. The average molecular weight is 274 g/mol. The zero-order chi connectivity index (χ0) is 13.8. The number of aryl methyl sites for hydroxylation is 1. The van der Waals surface area contributed by atoms with Crippen LogP contribution in [0, 0.1) is 6.92 Å². The Morgan fingerprint density at radius 1 is 1.32 bits per heavy atom. The van der Waals surface area contributed by atoms with Crippen molar-refractivity contribution in [1.82, 2.24) is 0 Å². The van der Waals surface area contributed by atoms with Gasteiger partial charge in [0.1, 0.15) is 0 Å². The van der Waals surface area contributed by atoms with Gasteiger partial charge in [-0.05, 0) is 18.6 Å². The molecule has 19 heavy (non-hydrogen) atoms. The van der Waals surface area contributed by atoms with E-state index in [9.17, 15) is 4.79 Å². The fourth-order valence-corrected chi connectivity index (χ4v) is 2.75. The topological polar surface area (TPSA) is 55.1 Å². The molecule has 0 bridgehead atoms. The number of carbonyl (C=O) groups is 1. The minimum Gasteiger partial charge on any atom is -0.397 e. The van der Waals surface area contributed by atoms with Gasteiger partial charge < -0.3 is 11.1 Å². The second-order valence-corrected chi connectivity index (χ2v) is 5.56. The van der Waals surface area contributed by atoms with Crippen LogP contribution < -0.4 is 11.1 Å². The molecule has 0 fully saturated rings. The van der Waals surface area contributed by atoms with Gasteiger partial charge in [0, 0.05) is 13.0 Å². The molecule has 1 aromatic heterocycles. The van der Waals surface area contributed by atoms with Gasteiger partial charge >= 0.3 is 0 Å². The first-order valence-corrected chi connectivity index (χ1v) is 7.13. The van der Waals surface area contributed by atoms with Gasteiger partial charge in [-0.15, -0.1) is 11.3 Å². The lowest BCUT2D eigenvalue weighted by Gasteiger charge is -2.03. The Morgan fingerprint density at radius 2 is 2.00 bits per heavy atom. The summed E-state index contributed by atoms with van der Waals surface area (Å²) in [6.07, 6.45) is 0.488. The molecule has 0 atom stereocenters. The zero-order valence-electron chi connectivity index (χ0n) is 11.2. The van der Waals surface area contributed by atoms with Crippen LogP contribution in [-0.2, 0) is 6.54 Å². The Morgan fingerprint density at radius 3 is 2.63 bits per heavy atom. The predicted octanol–water partition coefficient (Wildman–Crippen LogP) is 3.84. The largest absolute Gasteiger partial charge is 0.397 e. The van der Waals surface area contributed by atoms with E-state index >= 15 is 0 Å². The Balaban J connectivity index is 2.04. The Kier molecular flexibility index (Phi) is 4.22. The van der Waals surface area contributed by atoms with Crippen LogP contribution in [-0.4, -0.2) is 5.78 Å². The van der Waals surface area contributed by atoms with Crippen LogP contribution in [0.15, 0.2) is 30.3 Å². The van der Waals surface area contributed by atoms with E-state index < -0.39 is 0 Å². The number of hydrogen-bond acceptors (Lipinski definition) is 4. The summed E-state index contributed by atoms with van der Waals surface area (Å²) in [5.41, 5.74) is 8.89. The lowest BCUT2D eigenvalue weighted by molar-refractivity contribution is 0.0993. The highest BCUT2D eigenvalue weighted by atomic mass is 32.1. The van der Waals surface area contributed by atoms with Gasteiger partial charge in [-0.25, -0.2) is 0 Å². The van der Waals surface area contributed by atoms with Crippen LogP contribution in [0.25, 0.3) is 0 Å². The summed E-state index contributed by atoms with van der Waals surface area (Å²) in [6.45, 7) is 4.65. The van der Waals surface area contributed by atoms with Crippen molar-refractivity contribution in [2.45, 2.75) is 26.8 Å². The van der Waals surface area contributed by atoms with Crippen molar-refractivity contribution in [2.24, 2.45) is 0 Å². The highest BCUT2D eigenvalue weighted by molar-refractivity contribution is 7.18. The normalized spacial score (nSPS) is 10.4. The fraction of sp³-hybridized carbons (Fsp3) is 0.267. The molecule has 2 aromatic rings. The van der Waals surface area contributed by atoms with Crippen LogP contribution in [0.5, 0.6) is 0 Å². The van der Waals surface area contributed by atoms with E-state index in [1.165, 1.54) is 22.5 Å². The first kappa shape index (κ1) is 13.6. The molecule has 0 amide bonds. The van der Waals surface area contributed by atoms with Gasteiger partial charge in [0.05, 0.1) is 15.6 Å². The molecule has 0 radical (unpaired) electrons. The van der Waals surface area contributed by atoms with E-state index in [4.69, 9.17) is 5.73 Å². The average Bonchev–Trinajstić information content (AvgIpc) is 2.78. The quantitative estimate of drug-likeness (QED) is 0.814. The molecule has 0 aliphatic heterocycles. The third kappa shape index (κ3) is 3.35. The number of carbonyl (C=O) groups excluding carboxylic acids is 1. The maximum atomic E-state index is 11.7. The zero-order valence-corrected chi connectivity index (χ0v) is 12.0. The molecule has 100 valence electrons. The Bertz CT molecular complexity index is 572. The Hall–Kier alpha value is -1.81. The molecule has 0 saturated heterocycles. The van der Waals surface area contributed by atoms with Gasteiger partial charge in [0.25, 0.3) is 0 Å². The molecule has 0 spiro atoms. The molecule has 3 nitrogen and oxygen atoms in total. The minimum absolute atomic E-state index is 0.103. The molecule has 0 aliphatic rings. The molecule has 0 unspecified atom stereocenters. The number of nitrogen functional groups attached to an aromatic ring is 1. The number of ketones is 1. The highest BCUT2D eigenvalue weighted by Crippen LogP contribution is 2.30. The highest BCUT2D eigenvalue weighted by Gasteiger charge is 2.12. The summed E-state index contributed by atoms with van der Waals surface area (Å²) in [6, 6.07) is 10.2. The van der Waals surface area contributed by atoms with Crippen LogP contribution in [0.4, 0.5) is 10.7 Å². The lowest BCUT2D eigenvalue weighted by Crippen LogP contribution is -1.97. The van der Waals surface area contributed by atoms with E-state index in [2.05, 4.69) is 36.5 Å². The van der Waals surface area contributed by atoms with Crippen molar-refractivity contribution in [1.29, 1.82) is 0 Å². The van der Waals surface area contributed by atoms with Gasteiger partial charge in [-0.2, -0.15) is 0 Å². The van der Waals surface area contributed by atoms with Crippen molar-refractivity contribution < 1.29 is 4.79 Å². The number of benzene rings is 1. The fourth-order valence-electron chi connectivity index (χ4n) is 1.77. The van der Waals surface area contributed by atoms with Crippen molar-refractivity contribution in [3.63, 3.8) is 0 Å². The third-order valence-corrected chi connectivity index (χ3v) is 4.07. The van der Waals surface area contributed by atoms with Gasteiger partial charge in [-0.3, -0.25) is 4.79 Å². The van der Waals surface area contributed by atoms with Gasteiger partial charge in [-0.1, -0.05) is 36.8 Å². The number of rotatable bonds is 5. The molecule has 0 saturated carbocycles. The second-order valence-electron chi connectivity index (χ2n) is 4.51.